The Hall–Kier alpha value is -0.190. The number of thiocarbonyl (C=S) groups is 1. The molecule has 0 aromatic heterocycles. The molecule has 1 aliphatic rings. The van der Waals surface area contributed by atoms with Crippen LogP contribution in [-0.2, 0) is 4.74 Å². The summed E-state index contributed by atoms with van der Waals surface area (Å²) in [6.07, 6.45) is 1.38. The molecular weight excluding hydrogens is 172 g/mol. The first-order valence-corrected chi connectivity index (χ1v) is 4.71. The van der Waals surface area contributed by atoms with E-state index in [0.29, 0.717) is 11.1 Å². The Bertz CT molecular complexity index is 163. The van der Waals surface area contributed by atoms with Gasteiger partial charge in [0.25, 0.3) is 0 Å². The van der Waals surface area contributed by atoms with Gasteiger partial charge in [0.2, 0.25) is 0 Å². The van der Waals surface area contributed by atoms with Crippen LogP contribution in [0.2, 0.25) is 0 Å². The Morgan fingerprint density at radius 3 is 3.17 bits per heavy atom. The molecule has 3 nitrogen and oxygen atoms in total. The number of nitrogens with two attached hydrogens (primary N) is 1. The first kappa shape index (κ1) is 9.89. The Labute approximate surface area is 78.9 Å². The Balaban J connectivity index is 2.35. The molecule has 0 aromatic rings. The average Bonchev–Trinajstić information content (AvgIpc) is 2.12. The molecule has 0 bridgehead atoms. The summed E-state index contributed by atoms with van der Waals surface area (Å²) in [6, 6.07) is 0. The molecule has 0 aromatic carbocycles. The lowest BCUT2D eigenvalue weighted by Crippen LogP contribution is -2.36. The van der Waals surface area contributed by atoms with E-state index in [4.69, 9.17) is 22.7 Å². The molecule has 1 aliphatic heterocycles. The van der Waals surface area contributed by atoms with Crippen LogP contribution in [0.15, 0.2) is 0 Å². The maximum atomic E-state index is 5.49. The molecule has 1 rings (SSSR count). The highest BCUT2D eigenvalue weighted by Gasteiger charge is 2.14. The van der Waals surface area contributed by atoms with Crippen molar-refractivity contribution >= 4 is 17.2 Å². The van der Waals surface area contributed by atoms with E-state index in [1.807, 2.05) is 0 Å². The van der Waals surface area contributed by atoms with Gasteiger partial charge in [-0.25, -0.2) is 0 Å². The number of nitrogens with zero attached hydrogens (tertiary/aromatic N) is 1. The molecule has 0 amide bonds. The van der Waals surface area contributed by atoms with Crippen LogP contribution in [0.3, 0.4) is 0 Å². The van der Waals surface area contributed by atoms with Crippen molar-refractivity contribution in [2.45, 2.75) is 19.4 Å². The molecule has 70 valence electrons. The first-order valence-electron chi connectivity index (χ1n) is 4.31. The van der Waals surface area contributed by atoms with Gasteiger partial charge in [0.1, 0.15) is 0 Å². The van der Waals surface area contributed by atoms with Gasteiger partial charge in [-0.3, -0.25) is 4.90 Å². The summed E-state index contributed by atoms with van der Waals surface area (Å²) in [5.74, 6) is 0. The van der Waals surface area contributed by atoms with E-state index in [1.54, 1.807) is 0 Å². The van der Waals surface area contributed by atoms with Crippen molar-refractivity contribution < 1.29 is 4.74 Å². The van der Waals surface area contributed by atoms with Crippen molar-refractivity contribution in [3.8, 4) is 0 Å². The lowest BCUT2D eigenvalue weighted by molar-refractivity contribution is 0.0697. The highest BCUT2D eigenvalue weighted by Crippen LogP contribution is 2.04. The normalized spacial score (nSPS) is 26.6. The number of rotatable bonds is 2. The quantitative estimate of drug-likeness (QED) is 0.636. The third-order valence-electron chi connectivity index (χ3n) is 1.92. The Morgan fingerprint density at radius 1 is 1.75 bits per heavy atom. The van der Waals surface area contributed by atoms with Crippen molar-refractivity contribution in [3.63, 3.8) is 0 Å². The van der Waals surface area contributed by atoms with Crippen LogP contribution in [0, 0.1) is 0 Å². The smallest absolute Gasteiger partial charge is 0.0870 e. The zero-order chi connectivity index (χ0) is 8.97. The molecular formula is C8H16N2OS. The number of ether oxygens (including phenoxy) is 1. The topological polar surface area (TPSA) is 38.5 Å². The number of hydrogen-bond acceptors (Lipinski definition) is 3. The largest absolute Gasteiger partial charge is 0.392 e. The maximum absolute atomic E-state index is 5.49. The molecule has 0 spiro atoms. The van der Waals surface area contributed by atoms with Gasteiger partial charge in [-0.15, -0.1) is 0 Å². The molecule has 0 aliphatic carbocycles. The molecule has 0 radical (unpaired) electrons. The Morgan fingerprint density at radius 2 is 2.50 bits per heavy atom. The standard InChI is InChI=1S/C8H16N2OS/c1-7-5-10(6-8(9)12)3-2-4-11-7/h7H,2-6H2,1H3,(H2,9,12). The summed E-state index contributed by atoms with van der Waals surface area (Å²) in [5, 5.41) is 0. The lowest BCUT2D eigenvalue weighted by atomic mass is 10.3. The average molecular weight is 188 g/mol. The summed E-state index contributed by atoms with van der Waals surface area (Å²) in [5.41, 5.74) is 5.47. The third-order valence-corrected chi connectivity index (χ3v) is 2.04. The summed E-state index contributed by atoms with van der Waals surface area (Å²) in [4.78, 5) is 2.82. The van der Waals surface area contributed by atoms with Crippen molar-refractivity contribution in [1.29, 1.82) is 0 Å². The summed E-state index contributed by atoms with van der Waals surface area (Å²) < 4.78 is 5.49. The summed E-state index contributed by atoms with van der Waals surface area (Å²) in [6.45, 7) is 5.65. The van der Waals surface area contributed by atoms with Crippen LogP contribution in [0.4, 0.5) is 0 Å². The van der Waals surface area contributed by atoms with E-state index in [1.165, 1.54) is 0 Å². The molecule has 1 saturated heterocycles. The maximum Gasteiger partial charge on any atom is 0.0870 e. The third kappa shape index (κ3) is 3.47. The van der Waals surface area contributed by atoms with Crippen LogP contribution in [0.5, 0.6) is 0 Å². The lowest BCUT2D eigenvalue weighted by Gasteiger charge is -2.20. The Kier molecular flexibility index (Phi) is 3.91. The van der Waals surface area contributed by atoms with E-state index in [9.17, 15) is 0 Å². The molecule has 12 heavy (non-hydrogen) atoms. The van der Waals surface area contributed by atoms with E-state index < -0.39 is 0 Å². The SMILES string of the molecule is CC1CN(CC(N)=S)CCCO1. The second-order valence-corrected chi connectivity index (χ2v) is 3.76. The van der Waals surface area contributed by atoms with E-state index >= 15 is 0 Å². The van der Waals surface area contributed by atoms with Crippen LogP contribution in [-0.4, -0.2) is 42.2 Å². The monoisotopic (exact) mass is 188 g/mol. The van der Waals surface area contributed by atoms with Crippen LogP contribution < -0.4 is 5.73 Å². The molecule has 2 N–H and O–H groups in total. The van der Waals surface area contributed by atoms with Crippen LogP contribution >= 0.6 is 12.2 Å². The van der Waals surface area contributed by atoms with Gasteiger partial charge in [0, 0.05) is 26.2 Å². The van der Waals surface area contributed by atoms with Gasteiger partial charge in [-0.05, 0) is 13.3 Å². The minimum Gasteiger partial charge on any atom is -0.392 e. The zero-order valence-electron chi connectivity index (χ0n) is 7.45. The fourth-order valence-corrected chi connectivity index (χ4v) is 1.63. The van der Waals surface area contributed by atoms with Crippen molar-refractivity contribution in [2.75, 3.05) is 26.2 Å². The fraction of sp³-hybridized carbons (Fsp3) is 0.875. The van der Waals surface area contributed by atoms with E-state index in [-0.39, 0.29) is 0 Å². The highest BCUT2D eigenvalue weighted by atomic mass is 32.1. The van der Waals surface area contributed by atoms with Crippen molar-refractivity contribution in [2.24, 2.45) is 5.73 Å². The van der Waals surface area contributed by atoms with Gasteiger partial charge in [-0.2, -0.15) is 0 Å². The van der Waals surface area contributed by atoms with E-state index in [2.05, 4.69) is 11.8 Å². The molecule has 1 atom stereocenters. The molecule has 0 saturated carbocycles. The van der Waals surface area contributed by atoms with E-state index in [0.717, 1.165) is 32.7 Å². The predicted molar refractivity (Wildman–Crippen MR) is 53.3 cm³/mol. The summed E-state index contributed by atoms with van der Waals surface area (Å²) in [7, 11) is 0. The van der Waals surface area contributed by atoms with Gasteiger partial charge < -0.3 is 10.5 Å². The van der Waals surface area contributed by atoms with Crippen LogP contribution in [0.25, 0.3) is 0 Å². The van der Waals surface area contributed by atoms with Gasteiger partial charge >= 0.3 is 0 Å². The minimum absolute atomic E-state index is 0.307. The highest BCUT2D eigenvalue weighted by molar-refractivity contribution is 7.80. The molecule has 1 unspecified atom stereocenters. The second kappa shape index (κ2) is 4.74. The molecule has 1 fully saturated rings. The zero-order valence-corrected chi connectivity index (χ0v) is 8.27. The van der Waals surface area contributed by atoms with Crippen LogP contribution in [0.1, 0.15) is 13.3 Å². The fourth-order valence-electron chi connectivity index (χ4n) is 1.44. The second-order valence-electron chi connectivity index (χ2n) is 3.24. The van der Waals surface area contributed by atoms with Gasteiger partial charge in [-0.1, -0.05) is 12.2 Å². The first-order chi connectivity index (χ1) is 5.68. The molecule has 4 heteroatoms. The summed E-state index contributed by atoms with van der Waals surface area (Å²) >= 11 is 4.85. The molecule has 1 heterocycles. The predicted octanol–water partition coefficient (Wildman–Crippen LogP) is 0.383. The van der Waals surface area contributed by atoms with Gasteiger partial charge in [0.05, 0.1) is 11.1 Å². The van der Waals surface area contributed by atoms with Crippen molar-refractivity contribution in [1.82, 2.24) is 4.90 Å². The number of hydrogen-bond donors (Lipinski definition) is 1. The van der Waals surface area contributed by atoms with Crippen molar-refractivity contribution in [3.05, 3.63) is 0 Å². The van der Waals surface area contributed by atoms with Gasteiger partial charge in [0.15, 0.2) is 0 Å². The minimum atomic E-state index is 0.307.